The molecule has 1 unspecified atom stereocenters. The number of sulfonamides is 1. The van der Waals surface area contributed by atoms with Gasteiger partial charge < -0.3 is 25.5 Å². The maximum absolute atomic E-state index is 12.8. The van der Waals surface area contributed by atoms with Gasteiger partial charge in [0.05, 0.1) is 23.8 Å². The highest BCUT2D eigenvalue weighted by Crippen LogP contribution is 2.19. The van der Waals surface area contributed by atoms with Gasteiger partial charge in [-0.3, -0.25) is 9.71 Å². The second-order valence-corrected chi connectivity index (χ2v) is 10.2. The number of benzene rings is 2. The van der Waals surface area contributed by atoms with Crippen LogP contribution < -0.4 is 20.7 Å². The van der Waals surface area contributed by atoms with E-state index in [9.17, 15) is 18.3 Å². The van der Waals surface area contributed by atoms with Crippen molar-refractivity contribution in [3.63, 3.8) is 0 Å². The number of rotatable bonds is 12. The Balaban J connectivity index is 1.22. The fourth-order valence-corrected chi connectivity index (χ4v) is 4.65. The Morgan fingerprint density at radius 3 is 2.42 bits per heavy atom. The Kier molecular flexibility index (Phi) is 9.09. The van der Waals surface area contributed by atoms with Gasteiger partial charge in [-0.05, 0) is 73.1 Å². The highest BCUT2D eigenvalue weighted by molar-refractivity contribution is 7.92. The van der Waals surface area contributed by atoms with Gasteiger partial charge in [-0.2, -0.15) is 0 Å². The molecule has 0 fully saturated rings. The third kappa shape index (κ3) is 7.90. The first-order chi connectivity index (χ1) is 18.4. The lowest BCUT2D eigenvalue weighted by atomic mass is 10.1. The number of nitrogens with zero attached hydrogens (tertiary/aromatic N) is 1. The molecule has 0 saturated heterocycles. The van der Waals surface area contributed by atoms with Crippen LogP contribution in [0.5, 0.6) is 0 Å². The van der Waals surface area contributed by atoms with Gasteiger partial charge in [0, 0.05) is 35.9 Å². The highest BCUT2D eigenvalue weighted by Gasteiger charge is 2.15. The molecule has 4 rings (SSSR count). The summed E-state index contributed by atoms with van der Waals surface area (Å²) < 4.78 is 33.3. The van der Waals surface area contributed by atoms with Crippen LogP contribution in [0.4, 0.5) is 16.2 Å². The van der Waals surface area contributed by atoms with E-state index in [1.807, 2.05) is 18.2 Å². The molecule has 0 spiro atoms. The molecule has 0 aliphatic rings. The molecule has 2 aromatic heterocycles. The molecule has 4 aromatic rings. The Labute approximate surface area is 221 Å². The SMILES string of the molecule is O=C(NCc1ccco1)Nc1ccc(S(=O)(=O)Nc2ccc(CCNCC(O)c3cccnc3)cc2)cc1. The Bertz CT molecular complexity index is 1390. The average Bonchev–Trinajstić information content (AvgIpc) is 3.45. The van der Waals surface area contributed by atoms with Crippen LogP contribution in [0, 0.1) is 0 Å². The van der Waals surface area contributed by atoms with Crippen LogP contribution in [-0.4, -0.2) is 37.6 Å². The van der Waals surface area contributed by atoms with Gasteiger partial charge in [-0.15, -0.1) is 0 Å². The zero-order valence-corrected chi connectivity index (χ0v) is 21.3. The largest absolute Gasteiger partial charge is 0.467 e. The molecule has 2 heterocycles. The molecule has 198 valence electrons. The number of hydrogen-bond donors (Lipinski definition) is 5. The molecule has 0 aliphatic heterocycles. The molecule has 1 atom stereocenters. The lowest BCUT2D eigenvalue weighted by Crippen LogP contribution is -2.28. The van der Waals surface area contributed by atoms with Crippen molar-refractivity contribution in [2.45, 2.75) is 24.0 Å². The van der Waals surface area contributed by atoms with E-state index in [4.69, 9.17) is 4.42 Å². The van der Waals surface area contributed by atoms with Gasteiger partial charge in [0.2, 0.25) is 0 Å². The van der Waals surface area contributed by atoms with Gasteiger partial charge >= 0.3 is 6.03 Å². The summed E-state index contributed by atoms with van der Waals surface area (Å²) in [6.07, 6.45) is 4.91. The van der Waals surface area contributed by atoms with Crippen molar-refractivity contribution in [3.8, 4) is 0 Å². The number of amides is 2. The molecule has 0 radical (unpaired) electrons. The zero-order chi connectivity index (χ0) is 26.8. The monoisotopic (exact) mass is 535 g/mol. The van der Waals surface area contributed by atoms with Crippen LogP contribution in [-0.2, 0) is 23.0 Å². The molecule has 0 aliphatic carbocycles. The predicted octanol–water partition coefficient (Wildman–Crippen LogP) is 3.66. The molecule has 11 heteroatoms. The van der Waals surface area contributed by atoms with Crippen molar-refractivity contribution >= 4 is 27.4 Å². The van der Waals surface area contributed by atoms with Crippen LogP contribution in [0.3, 0.4) is 0 Å². The summed E-state index contributed by atoms with van der Waals surface area (Å²) in [4.78, 5) is 16.1. The van der Waals surface area contributed by atoms with Crippen molar-refractivity contribution in [3.05, 3.63) is 108 Å². The molecule has 0 bridgehead atoms. The van der Waals surface area contributed by atoms with Crippen molar-refractivity contribution in [1.82, 2.24) is 15.6 Å². The molecule has 2 amide bonds. The summed E-state index contributed by atoms with van der Waals surface area (Å²) in [6.45, 7) is 1.30. The summed E-state index contributed by atoms with van der Waals surface area (Å²) in [5.41, 5.74) is 2.67. The van der Waals surface area contributed by atoms with Crippen molar-refractivity contribution in [2.75, 3.05) is 23.1 Å². The van der Waals surface area contributed by atoms with Crippen molar-refractivity contribution in [2.24, 2.45) is 0 Å². The zero-order valence-electron chi connectivity index (χ0n) is 20.5. The minimum absolute atomic E-state index is 0.0690. The van der Waals surface area contributed by atoms with Gasteiger partial charge in [0.15, 0.2) is 0 Å². The number of carbonyl (C=O) groups excluding carboxylic acids is 1. The van der Waals surface area contributed by atoms with E-state index in [1.165, 1.54) is 30.5 Å². The lowest BCUT2D eigenvalue weighted by Gasteiger charge is -2.12. The first-order valence-corrected chi connectivity index (χ1v) is 13.5. The summed E-state index contributed by atoms with van der Waals surface area (Å²) in [5.74, 6) is 0.619. The Morgan fingerprint density at radius 1 is 0.974 bits per heavy atom. The summed E-state index contributed by atoms with van der Waals surface area (Å²) in [5, 5.41) is 18.7. The number of aliphatic hydroxyl groups excluding tert-OH is 1. The smallest absolute Gasteiger partial charge is 0.319 e. The fraction of sp³-hybridized carbons (Fsp3) is 0.185. The maximum atomic E-state index is 12.8. The van der Waals surface area contributed by atoms with E-state index in [0.717, 1.165) is 17.5 Å². The molecule has 0 saturated carbocycles. The van der Waals surface area contributed by atoms with Crippen LogP contribution >= 0.6 is 0 Å². The first kappa shape index (κ1) is 26.9. The normalized spacial score (nSPS) is 12.0. The van der Waals surface area contributed by atoms with Gasteiger partial charge in [-0.1, -0.05) is 18.2 Å². The fourth-order valence-electron chi connectivity index (χ4n) is 3.59. The lowest BCUT2D eigenvalue weighted by molar-refractivity contribution is 0.174. The maximum Gasteiger partial charge on any atom is 0.319 e. The van der Waals surface area contributed by atoms with Crippen LogP contribution in [0.1, 0.15) is 23.0 Å². The Morgan fingerprint density at radius 2 is 1.74 bits per heavy atom. The van der Waals surface area contributed by atoms with Gasteiger partial charge in [0.1, 0.15) is 5.76 Å². The summed E-state index contributed by atoms with van der Waals surface area (Å²) in [7, 11) is -3.80. The highest BCUT2D eigenvalue weighted by atomic mass is 32.2. The number of nitrogens with one attached hydrogen (secondary N) is 4. The Hall–Kier alpha value is -4.19. The van der Waals surface area contributed by atoms with E-state index in [-0.39, 0.29) is 11.4 Å². The third-order valence-corrected chi connectivity index (χ3v) is 7.03. The predicted molar refractivity (Wildman–Crippen MR) is 144 cm³/mol. The second kappa shape index (κ2) is 12.9. The first-order valence-electron chi connectivity index (χ1n) is 12.0. The van der Waals surface area contributed by atoms with E-state index in [1.54, 1.807) is 42.7 Å². The number of pyridine rings is 1. The molecule has 2 aromatic carbocycles. The van der Waals surface area contributed by atoms with Gasteiger partial charge in [0.25, 0.3) is 10.0 Å². The third-order valence-electron chi connectivity index (χ3n) is 5.63. The van der Waals surface area contributed by atoms with E-state index < -0.39 is 22.2 Å². The van der Waals surface area contributed by atoms with Gasteiger partial charge in [-0.25, -0.2) is 13.2 Å². The number of hydrogen-bond acceptors (Lipinski definition) is 7. The topological polar surface area (TPSA) is 146 Å². The van der Waals surface area contributed by atoms with Crippen LogP contribution in [0.15, 0.2) is 101 Å². The average molecular weight is 536 g/mol. The van der Waals surface area contributed by atoms with Crippen molar-refractivity contribution < 1.29 is 22.7 Å². The van der Waals surface area contributed by atoms with E-state index in [2.05, 4.69) is 25.7 Å². The number of carbonyl (C=O) groups is 1. The molecule has 10 nitrogen and oxygen atoms in total. The minimum atomic E-state index is -3.80. The number of aliphatic hydroxyl groups is 1. The molecular weight excluding hydrogens is 506 g/mol. The number of urea groups is 1. The molecule has 5 N–H and O–H groups in total. The standard InChI is InChI=1S/C27H29N5O5S/c33-26(21-3-1-14-28-17-21)19-29-15-13-20-5-7-23(8-6-20)32-38(35,36)25-11-9-22(10-12-25)31-27(34)30-18-24-4-2-16-37-24/h1-12,14,16-17,26,29,32-33H,13,15,18-19H2,(H2,30,31,34). The summed E-state index contributed by atoms with van der Waals surface area (Å²) >= 11 is 0. The number of furan rings is 1. The van der Waals surface area contributed by atoms with Crippen molar-refractivity contribution in [1.29, 1.82) is 0 Å². The van der Waals surface area contributed by atoms with Crippen LogP contribution in [0.25, 0.3) is 0 Å². The van der Waals surface area contributed by atoms with E-state index >= 15 is 0 Å². The molecular formula is C27H29N5O5S. The summed E-state index contributed by atoms with van der Waals surface area (Å²) in [6, 6.07) is 19.6. The second-order valence-electron chi connectivity index (χ2n) is 8.47. The number of anilines is 2. The minimum Gasteiger partial charge on any atom is -0.467 e. The van der Waals surface area contributed by atoms with Crippen LogP contribution in [0.2, 0.25) is 0 Å². The van der Waals surface area contributed by atoms with E-state index in [0.29, 0.717) is 30.2 Å². The molecule has 38 heavy (non-hydrogen) atoms. The number of aromatic nitrogens is 1. The quantitative estimate of drug-likeness (QED) is 0.174.